The quantitative estimate of drug-likeness (QED) is 0.169. The van der Waals surface area contributed by atoms with Crippen LogP contribution in [0.5, 0.6) is 0 Å². The first-order valence-corrected chi connectivity index (χ1v) is 11.0. The Balaban J connectivity index is 1.71. The molecule has 2 aliphatic heterocycles. The van der Waals surface area contributed by atoms with E-state index in [-0.39, 0.29) is 19.6 Å². The van der Waals surface area contributed by atoms with E-state index in [0.29, 0.717) is 0 Å². The molecule has 3 fully saturated rings. The summed E-state index contributed by atoms with van der Waals surface area (Å²) in [6.07, 6.45) is -13.0. The Hall–Kier alpha value is -0.560. The molecule has 14 heteroatoms. The van der Waals surface area contributed by atoms with Crippen molar-refractivity contribution in [3.63, 3.8) is 0 Å². The van der Waals surface area contributed by atoms with Crippen LogP contribution in [0.3, 0.4) is 0 Å². The highest BCUT2D eigenvalue weighted by Crippen LogP contribution is 2.31. The molecule has 33 heavy (non-hydrogen) atoms. The zero-order chi connectivity index (χ0) is 24.7. The molecule has 2 heterocycles. The topological polar surface area (TPSA) is 248 Å². The van der Waals surface area contributed by atoms with Gasteiger partial charge in [0.2, 0.25) is 0 Å². The smallest absolute Gasteiger partial charge is 0.187 e. The summed E-state index contributed by atoms with van der Waals surface area (Å²) in [5.41, 5.74) is 16.5. The van der Waals surface area contributed by atoms with E-state index in [1.54, 1.807) is 7.05 Å². The van der Waals surface area contributed by atoms with Crippen molar-refractivity contribution < 1.29 is 49.6 Å². The summed E-state index contributed by atoms with van der Waals surface area (Å²) in [4.78, 5) is 0. The lowest BCUT2D eigenvalue weighted by atomic mass is 9.84. The Kier molecular flexibility index (Phi) is 8.68. The van der Waals surface area contributed by atoms with Crippen molar-refractivity contribution in [2.75, 3.05) is 20.2 Å². The molecular formula is C19H38N4O10. The van der Waals surface area contributed by atoms with Gasteiger partial charge in [-0.3, -0.25) is 0 Å². The predicted molar refractivity (Wildman–Crippen MR) is 111 cm³/mol. The molecule has 14 atom stereocenters. The Bertz CT molecular complexity index is 646. The number of ether oxygens (including phenoxy) is 4. The van der Waals surface area contributed by atoms with Crippen molar-refractivity contribution in [3.05, 3.63) is 0 Å². The van der Waals surface area contributed by atoms with Gasteiger partial charge in [-0.25, -0.2) is 0 Å². The lowest BCUT2D eigenvalue weighted by molar-refractivity contribution is -0.329. The molecule has 2 saturated heterocycles. The van der Waals surface area contributed by atoms with E-state index in [1.807, 2.05) is 0 Å². The molecule has 0 radical (unpaired) electrons. The number of likely N-dealkylation sites (N-methyl/N-ethyl adjacent to an activating group) is 1. The van der Waals surface area contributed by atoms with Gasteiger partial charge in [0, 0.05) is 18.6 Å². The molecule has 1 saturated carbocycles. The summed E-state index contributed by atoms with van der Waals surface area (Å²) in [6, 6.07) is -2.30. The van der Waals surface area contributed by atoms with Crippen LogP contribution in [0.25, 0.3) is 0 Å². The van der Waals surface area contributed by atoms with Gasteiger partial charge in [0.15, 0.2) is 12.6 Å². The van der Waals surface area contributed by atoms with Crippen molar-refractivity contribution in [1.82, 2.24) is 5.32 Å². The lowest BCUT2D eigenvalue weighted by Gasteiger charge is -2.48. The maximum Gasteiger partial charge on any atom is 0.187 e. The monoisotopic (exact) mass is 482 g/mol. The van der Waals surface area contributed by atoms with Crippen molar-refractivity contribution in [1.29, 1.82) is 0 Å². The van der Waals surface area contributed by atoms with Gasteiger partial charge in [-0.1, -0.05) is 0 Å². The molecule has 1 aliphatic carbocycles. The molecule has 0 amide bonds. The van der Waals surface area contributed by atoms with Crippen LogP contribution >= 0.6 is 0 Å². The van der Waals surface area contributed by atoms with E-state index >= 15 is 0 Å². The minimum atomic E-state index is -1.63. The first-order valence-electron chi connectivity index (χ1n) is 11.0. The number of nitrogens with one attached hydrogen (secondary N) is 1. The molecule has 13 N–H and O–H groups in total. The summed E-state index contributed by atoms with van der Waals surface area (Å²) < 4.78 is 22.5. The largest absolute Gasteiger partial charge is 0.388 e. The average Bonchev–Trinajstić information content (AvgIpc) is 2.75. The molecular weight excluding hydrogens is 444 g/mol. The van der Waals surface area contributed by atoms with Crippen LogP contribution in [0, 0.1) is 0 Å². The van der Waals surface area contributed by atoms with Gasteiger partial charge >= 0.3 is 0 Å². The number of aliphatic hydroxyl groups is 6. The van der Waals surface area contributed by atoms with E-state index in [1.165, 1.54) is 6.92 Å². The van der Waals surface area contributed by atoms with Gasteiger partial charge in [0.05, 0.1) is 12.6 Å². The van der Waals surface area contributed by atoms with Crippen molar-refractivity contribution in [3.8, 4) is 0 Å². The second kappa shape index (κ2) is 10.6. The van der Waals surface area contributed by atoms with Crippen LogP contribution in [0.4, 0.5) is 0 Å². The Morgan fingerprint density at radius 3 is 2.03 bits per heavy atom. The van der Waals surface area contributed by atoms with Crippen molar-refractivity contribution in [2.24, 2.45) is 17.2 Å². The van der Waals surface area contributed by atoms with Crippen LogP contribution in [0.2, 0.25) is 0 Å². The van der Waals surface area contributed by atoms with Gasteiger partial charge in [0.1, 0.15) is 54.4 Å². The Labute approximate surface area is 191 Å². The van der Waals surface area contributed by atoms with Gasteiger partial charge in [-0.2, -0.15) is 0 Å². The van der Waals surface area contributed by atoms with Crippen LogP contribution in [-0.2, 0) is 18.9 Å². The molecule has 3 rings (SSSR count). The maximum absolute atomic E-state index is 11.0. The number of aliphatic hydroxyl groups excluding tert-OH is 5. The van der Waals surface area contributed by atoms with E-state index in [4.69, 9.17) is 36.1 Å². The first kappa shape index (κ1) is 27.0. The van der Waals surface area contributed by atoms with Crippen LogP contribution < -0.4 is 22.5 Å². The summed E-state index contributed by atoms with van der Waals surface area (Å²) in [5.74, 6) is 0. The number of hydrogen-bond acceptors (Lipinski definition) is 14. The maximum atomic E-state index is 11.0. The van der Waals surface area contributed by atoms with Gasteiger partial charge in [0.25, 0.3) is 0 Å². The zero-order valence-corrected chi connectivity index (χ0v) is 18.7. The summed E-state index contributed by atoms with van der Waals surface area (Å²) >= 11 is 0. The van der Waals surface area contributed by atoms with E-state index in [2.05, 4.69) is 5.32 Å². The normalized spacial score (nSPS) is 53.7. The fourth-order valence-electron chi connectivity index (χ4n) is 4.74. The molecule has 14 nitrogen and oxygen atoms in total. The second-order valence-electron chi connectivity index (χ2n) is 9.30. The molecule has 0 aromatic carbocycles. The van der Waals surface area contributed by atoms with E-state index in [0.717, 1.165) is 0 Å². The van der Waals surface area contributed by atoms with Crippen LogP contribution in [0.1, 0.15) is 13.3 Å². The highest BCUT2D eigenvalue weighted by molar-refractivity contribution is 5.02. The zero-order valence-electron chi connectivity index (χ0n) is 18.7. The fourth-order valence-corrected chi connectivity index (χ4v) is 4.74. The van der Waals surface area contributed by atoms with Crippen LogP contribution in [0.15, 0.2) is 0 Å². The predicted octanol–water partition coefficient (Wildman–Crippen LogP) is -6.00. The third kappa shape index (κ3) is 5.34. The Morgan fingerprint density at radius 2 is 1.48 bits per heavy atom. The third-order valence-corrected chi connectivity index (χ3v) is 6.69. The number of rotatable bonds is 6. The van der Waals surface area contributed by atoms with Gasteiger partial charge < -0.3 is 72.1 Å². The summed E-state index contributed by atoms with van der Waals surface area (Å²) in [5, 5.41) is 65.2. The van der Waals surface area contributed by atoms with Crippen molar-refractivity contribution in [2.45, 2.75) is 98.5 Å². The highest BCUT2D eigenvalue weighted by atomic mass is 16.7. The Morgan fingerprint density at radius 1 is 0.909 bits per heavy atom. The number of hydrogen-bond donors (Lipinski definition) is 10. The second-order valence-corrected chi connectivity index (χ2v) is 9.30. The van der Waals surface area contributed by atoms with Crippen LogP contribution in [-0.4, -0.2) is 136 Å². The van der Waals surface area contributed by atoms with Gasteiger partial charge in [-0.15, -0.1) is 0 Å². The summed E-state index contributed by atoms with van der Waals surface area (Å²) in [6.45, 7) is 1.22. The molecule has 0 aromatic heterocycles. The molecule has 0 spiro atoms. The molecule has 0 aromatic rings. The van der Waals surface area contributed by atoms with E-state index in [9.17, 15) is 30.6 Å². The fraction of sp³-hybridized carbons (Fsp3) is 1.00. The molecule has 0 bridgehead atoms. The van der Waals surface area contributed by atoms with E-state index < -0.39 is 85.1 Å². The molecule has 0 unspecified atom stereocenters. The molecule has 3 aliphatic rings. The third-order valence-electron chi connectivity index (χ3n) is 6.69. The standard InChI is InChI=1S/C19H38N4O10/c1-19(29)5-30-17(13(28)16(19)23-2)32-14-6(21)3-7(22)15(12(14)27)33-18-11(26)10(25)9(24)8(4-20)31-18/h6-18,23-29H,3-5,20-22H2,1-2H3/t6-,7+,8-,9+,10+,11+,12+,13+,14-,15+,16-,17+,18+,19-/m1/s1. The minimum absolute atomic E-state index is 0.138. The van der Waals surface area contributed by atoms with Crippen molar-refractivity contribution >= 4 is 0 Å². The lowest BCUT2D eigenvalue weighted by Crippen LogP contribution is -2.69. The minimum Gasteiger partial charge on any atom is -0.388 e. The number of nitrogens with two attached hydrogens (primary N) is 3. The SMILES string of the molecule is CN[C@@H]1[C@H](O)[C@H](O[C@H]2[C@H](O)[C@@H](O[C@@H]3O[C@H](CN)[C@H](O)[C@H](O)[C@@H]3O)[C@@H](N)C[C@H]2N)OC[C@@]1(C)O. The highest BCUT2D eigenvalue weighted by Gasteiger charge is 2.52. The van der Waals surface area contributed by atoms with Gasteiger partial charge in [-0.05, 0) is 20.4 Å². The molecule has 194 valence electrons. The summed E-state index contributed by atoms with van der Waals surface area (Å²) in [7, 11) is 1.57. The average molecular weight is 483 g/mol. The first-order chi connectivity index (χ1) is 15.4.